The summed E-state index contributed by atoms with van der Waals surface area (Å²) >= 11 is 0. The summed E-state index contributed by atoms with van der Waals surface area (Å²) in [5.41, 5.74) is 0. The Bertz CT molecular complexity index is 182. The highest BCUT2D eigenvalue weighted by molar-refractivity contribution is 5.68. The molecule has 14 heavy (non-hydrogen) atoms. The predicted octanol–water partition coefficient (Wildman–Crippen LogP) is 0.226. The van der Waals surface area contributed by atoms with Gasteiger partial charge in [0.05, 0.1) is 13.2 Å². The van der Waals surface area contributed by atoms with E-state index in [-0.39, 0.29) is 19.3 Å². The Balaban J connectivity index is 2.28. The Morgan fingerprint density at radius 2 is 2.21 bits per heavy atom. The molecule has 0 saturated heterocycles. The van der Waals surface area contributed by atoms with Crippen molar-refractivity contribution < 1.29 is 19.4 Å². The molecule has 1 rings (SSSR count). The Hall–Kier alpha value is -0.810. The third-order valence-corrected chi connectivity index (χ3v) is 2.08. The van der Waals surface area contributed by atoms with Gasteiger partial charge in [0.25, 0.3) is 0 Å². The first-order valence-electron chi connectivity index (χ1n) is 4.82. The van der Waals surface area contributed by atoms with Gasteiger partial charge < -0.3 is 19.5 Å². The molecule has 0 radical (unpaired) electrons. The Labute approximate surface area is 83.6 Å². The average Bonchev–Trinajstić information content (AvgIpc) is 2.99. The van der Waals surface area contributed by atoms with Crippen LogP contribution in [0.25, 0.3) is 0 Å². The van der Waals surface area contributed by atoms with Crippen molar-refractivity contribution in [1.82, 2.24) is 4.90 Å². The highest BCUT2D eigenvalue weighted by Gasteiger charge is 2.33. The number of carbonyl (C=O) groups excluding carboxylic acids is 1. The van der Waals surface area contributed by atoms with Gasteiger partial charge in [-0.2, -0.15) is 0 Å². The molecule has 1 aliphatic rings. The van der Waals surface area contributed by atoms with Crippen LogP contribution in [0.1, 0.15) is 12.8 Å². The molecular weight excluding hydrogens is 186 g/mol. The van der Waals surface area contributed by atoms with E-state index in [1.54, 1.807) is 12.0 Å². The van der Waals surface area contributed by atoms with Crippen molar-refractivity contribution >= 4 is 6.09 Å². The van der Waals surface area contributed by atoms with Crippen LogP contribution in [0.15, 0.2) is 0 Å². The van der Waals surface area contributed by atoms with Gasteiger partial charge in [-0.1, -0.05) is 0 Å². The maximum absolute atomic E-state index is 11.4. The average molecular weight is 203 g/mol. The topological polar surface area (TPSA) is 59.0 Å². The summed E-state index contributed by atoms with van der Waals surface area (Å²) in [7, 11) is 1.60. The van der Waals surface area contributed by atoms with Gasteiger partial charge in [-0.3, -0.25) is 0 Å². The largest absolute Gasteiger partial charge is 0.447 e. The van der Waals surface area contributed by atoms with Gasteiger partial charge in [0, 0.05) is 19.7 Å². The van der Waals surface area contributed by atoms with Crippen molar-refractivity contribution in [2.45, 2.75) is 18.9 Å². The molecule has 0 spiro atoms. The number of amides is 1. The molecule has 1 saturated carbocycles. The molecule has 1 fully saturated rings. The van der Waals surface area contributed by atoms with Crippen LogP contribution < -0.4 is 0 Å². The van der Waals surface area contributed by atoms with E-state index < -0.39 is 0 Å². The monoisotopic (exact) mass is 203 g/mol. The highest BCUT2D eigenvalue weighted by Crippen LogP contribution is 2.26. The Morgan fingerprint density at radius 1 is 1.50 bits per heavy atom. The Morgan fingerprint density at radius 3 is 2.71 bits per heavy atom. The van der Waals surface area contributed by atoms with Crippen LogP contribution in [0, 0.1) is 0 Å². The van der Waals surface area contributed by atoms with Gasteiger partial charge in [-0.15, -0.1) is 0 Å². The summed E-state index contributed by atoms with van der Waals surface area (Å²) in [6.45, 7) is 1.01. The molecular formula is C9H17NO4. The summed E-state index contributed by atoms with van der Waals surface area (Å²) in [5, 5.41) is 8.51. The van der Waals surface area contributed by atoms with Crippen LogP contribution >= 0.6 is 0 Å². The van der Waals surface area contributed by atoms with Crippen LogP contribution in [0.2, 0.25) is 0 Å². The molecule has 0 aromatic heterocycles. The maximum atomic E-state index is 11.4. The van der Waals surface area contributed by atoms with E-state index in [1.165, 1.54) is 0 Å². The number of hydrogen-bond acceptors (Lipinski definition) is 4. The first-order valence-corrected chi connectivity index (χ1v) is 4.82. The molecule has 5 heteroatoms. The van der Waals surface area contributed by atoms with Crippen LogP contribution in [-0.4, -0.2) is 55.6 Å². The van der Waals surface area contributed by atoms with Gasteiger partial charge >= 0.3 is 6.09 Å². The second-order valence-corrected chi connectivity index (χ2v) is 3.26. The minimum absolute atomic E-state index is 0.0645. The summed E-state index contributed by atoms with van der Waals surface area (Å²) in [4.78, 5) is 13.1. The van der Waals surface area contributed by atoms with Crippen molar-refractivity contribution in [2.75, 3.05) is 33.5 Å². The van der Waals surface area contributed by atoms with Crippen molar-refractivity contribution in [2.24, 2.45) is 0 Å². The lowest BCUT2D eigenvalue weighted by atomic mass is 10.5. The van der Waals surface area contributed by atoms with Gasteiger partial charge in [0.2, 0.25) is 0 Å². The van der Waals surface area contributed by atoms with Gasteiger partial charge in [-0.25, -0.2) is 4.79 Å². The van der Waals surface area contributed by atoms with Gasteiger partial charge in [0.15, 0.2) is 0 Å². The van der Waals surface area contributed by atoms with Gasteiger partial charge in [0.1, 0.15) is 6.61 Å². The van der Waals surface area contributed by atoms with Crippen LogP contribution in [0.3, 0.4) is 0 Å². The lowest BCUT2D eigenvalue weighted by molar-refractivity contribution is 0.0711. The van der Waals surface area contributed by atoms with E-state index in [2.05, 4.69) is 0 Å². The zero-order chi connectivity index (χ0) is 10.4. The number of carbonyl (C=O) groups is 1. The first kappa shape index (κ1) is 11.3. The standard InChI is InChI=1S/C9H17NO4/c1-13-6-4-10(8-2-3-8)9(12)14-7-5-11/h8,11H,2-7H2,1H3. The normalized spacial score (nSPS) is 15.3. The lowest BCUT2D eigenvalue weighted by Gasteiger charge is -2.20. The summed E-state index contributed by atoms with van der Waals surface area (Å²) < 4.78 is 9.74. The fourth-order valence-electron chi connectivity index (χ4n) is 1.21. The predicted molar refractivity (Wildman–Crippen MR) is 50.0 cm³/mol. The minimum atomic E-state index is -0.349. The molecule has 5 nitrogen and oxygen atoms in total. The molecule has 1 amide bonds. The third kappa shape index (κ3) is 3.51. The summed E-state index contributed by atoms with van der Waals surface area (Å²) in [6.07, 6.45) is 1.73. The number of aliphatic hydroxyl groups excluding tert-OH is 1. The van der Waals surface area contributed by atoms with Crippen molar-refractivity contribution in [3.8, 4) is 0 Å². The Kier molecular flexibility index (Phi) is 4.69. The molecule has 82 valence electrons. The quantitative estimate of drug-likeness (QED) is 0.671. The third-order valence-electron chi connectivity index (χ3n) is 2.08. The molecule has 0 bridgehead atoms. The summed E-state index contributed by atoms with van der Waals surface area (Å²) in [5.74, 6) is 0. The fourth-order valence-corrected chi connectivity index (χ4v) is 1.21. The maximum Gasteiger partial charge on any atom is 0.410 e. The molecule has 0 aromatic carbocycles. The second kappa shape index (κ2) is 5.82. The minimum Gasteiger partial charge on any atom is -0.447 e. The lowest BCUT2D eigenvalue weighted by Crippen LogP contribution is -2.36. The van der Waals surface area contributed by atoms with E-state index in [0.717, 1.165) is 12.8 Å². The zero-order valence-corrected chi connectivity index (χ0v) is 8.44. The van der Waals surface area contributed by atoms with E-state index >= 15 is 0 Å². The fraction of sp³-hybridized carbons (Fsp3) is 0.889. The molecule has 0 aliphatic heterocycles. The van der Waals surface area contributed by atoms with E-state index in [4.69, 9.17) is 14.6 Å². The van der Waals surface area contributed by atoms with E-state index in [0.29, 0.717) is 19.2 Å². The highest BCUT2D eigenvalue weighted by atomic mass is 16.6. The number of aliphatic hydroxyl groups is 1. The van der Waals surface area contributed by atoms with Crippen LogP contribution in [-0.2, 0) is 9.47 Å². The van der Waals surface area contributed by atoms with E-state index in [1.807, 2.05) is 0 Å². The number of nitrogens with zero attached hydrogens (tertiary/aromatic N) is 1. The number of ether oxygens (including phenoxy) is 2. The van der Waals surface area contributed by atoms with Crippen LogP contribution in [0.5, 0.6) is 0 Å². The van der Waals surface area contributed by atoms with Crippen molar-refractivity contribution in [1.29, 1.82) is 0 Å². The smallest absolute Gasteiger partial charge is 0.410 e. The van der Waals surface area contributed by atoms with Crippen molar-refractivity contribution in [3.63, 3.8) is 0 Å². The zero-order valence-electron chi connectivity index (χ0n) is 8.44. The number of hydrogen-bond donors (Lipinski definition) is 1. The molecule has 0 atom stereocenters. The molecule has 0 aromatic rings. The number of methoxy groups -OCH3 is 1. The molecule has 0 heterocycles. The van der Waals surface area contributed by atoms with Crippen molar-refractivity contribution in [3.05, 3.63) is 0 Å². The molecule has 1 aliphatic carbocycles. The molecule has 1 N–H and O–H groups in total. The summed E-state index contributed by atoms with van der Waals surface area (Å²) in [6, 6.07) is 0.316. The second-order valence-electron chi connectivity index (χ2n) is 3.26. The SMILES string of the molecule is COCCN(C(=O)OCCO)C1CC1. The van der Waals surface area contributed by atoms with E-state index in [9.17, 15) is 4.79 Å². The first-order chi connectivity index (χ1) is 6.79. The molecule has 0 unspecified atom stereocenters. The number of rotatable bonds is 6. The van der Waals surface area contributed by atoms with Gasteiger partial charge in [-0.05, 0) is 12.8 Å². The van der Waals surface area contributed by atoms with Crippen LogP contribution in [0.4, 0.5) is 4.79 Å².